The molecule has 2 rings (SSSR count). The molecule has 1 aliphatic carbocycles. The van der Waals surface area contributed by atoms with E-state index in [-0.39, 0.29) is 6.04 Å². The van der Waals surface area contributed by atoms with E-state index in [1.54, 1.807) is 6.26 Å². The Morgan fingerprint density at radius 1 is 1.35 bits per heavy atom. The van der Waals surface area contributed by atoms with Gasteiger partial charge in [0.15, 0.2) is 0 Å². The van der Waals surface area contributed by atoms with Gasteiger partial charge in [-0.15, -0.1) is 0 Å². The summed E-state index contributed by atoms with van der Waals surface area (Å²) in [7, 11) is 0. The SMILES string of the molecule is NCC(NC1CCCCCC1)c1occc1Br. The molecule has 1 aliphatic rings. The summed E-state index contributed by atoms with van der Waals surface area (Å²) >= 11 is 3.50. The van der Waals surface area contributed by atoms with E-state index in [9.17, 15) is 0 Å². The van der Waals surface area contributed by atoms with Gasteiger partial charge in [0.05, 0.1) is 16.8 Å². The minimum Gasteiger partial charge on any atom is -0.466 e. The molecule has 0 radical (unpaired) electrons. The summed E-state index contributed by atoms with van der Waals surface area (Å²) in [6.45, 7) is 0.572. The third-order valence-electron chi connectivity index (χ3n) is 3.49. The maximum absolute atomic E-state index is 5.85. The van der Waals surface area contributed by atoms with Gasteiger partial charge in [0.1, 0.15) is 5.76 Å². The second kappa shape index (κ2) is 6.57. The second-order valence-electron chi connectivity index (χ2n) is 4.78. The van der Waals surface area contributed by atoms with Crippen LogP contribution in [0.1, 0.15) is 50.3 Å². The summed E-state index contributed by atoms with van der Waals surface area (Å²) in [4.78, 5) is 0. The monoisotopic (exact) mass is 300 g/mol. The summed E-state index contributed by atoms with van der Waals surface area (Å²) in [5, 5.41) is 3.64. The Morgan fingerprint density at radius 2 is 2.06 bits per heavy atom. The van der Waals surface area contributed by atoms with Crippen LogP contribution in [0.15, 0.2) is 21.2 Å². The number of nitrogens with one attached hydrogen (secondary N) is 1. The van der Waals surface area contributed by atoms with E-state index < -0.39 is 0 Å². The predicted molar refractivity (Wildman–Crippen MR) is 72.8 cm³/mol. The zero-order chi connectivity index (χ0) is 12.1. The van der Waals surface area contributed by atoms with Gasteiger partial charge in [0.2, 0.25) is 0 Å². The van der Waals surface area contributed by atoms with Gasteiger partial charge in [-0.05, 0) is 34.8 Å². The van der Waals surface area contributed by atoms with Gasteiger partial charge in [0.25, 0.3) is 0 Å². The molecular weight excluding hydrogens is 280 g/mol. The van der Waals surface area contributed by atoms with Crippen molar-refractivity contribution in [1.82, 2.24) is 5.32 Å². The Kier molecular flexibility index (Phi) is 5.07. The van der Waals surface area contributed by atoms with E-state index >= 15 is 0 Å². The lowest BCUT2D eigenvalue weighted by Gasteiger charge is -2.22. The normalized spacial score (nSPS) is 20.1. The summed E-state index contributed by atoms with van der Waals surface area (Å²) < 4.78 is 6.51. The number of hydrogen-bond donors (Lipinski definition) is 2. The fourth-order valence-corrected chi connectivity index (χ4v) is 3.01. The third kappa shape index (κ3) is 3.57. The summed E-state index contributed by atoms with van der Waals surface area (Å²) in [5.41, 5.74) is 5.85. The molecule has 96 valence electrons. The van der Waals surface area contributed by atoms with E-state index in [0.717, 1.165) is 10.2 Å². The van der Waals surface area contributed by atoms with Crippen LogP contribution < -0.4 is 11.1 Å². The van der Waals surface area contributed by atoms with E-state index in [4.69, 9.17) is 10.2 Å². The quantitative estimate of drug-likeness (QED) is 0.839. The van der Waals surface area contributed by atoms with Gasteiger partial charge in [-0.2, -0.15) is 0 Å². The zero-order valence-corrected chi connectivity index (χ0v) is 11.7. The maximum atomic E-state index is 5.85. The van der Waals surface area contributed by atoms with Crippen molar-refractivity contribution in [3.05, 3.63) is 22.6 Å². The van der Waals surface area contributed by atoms with E-state index in [1.807, 2.05) is 6.07 Å². The Labute approximate surface area is 111 Å². The van der Waals surface area contributed by atoms with Gasteiger partial charge < -0.3 is 15.5 Å². The van der Waals surface area contributed by atoms with Gasteiger partial charge in [-0.25, -0.2) is 0 Å². The van der Waals surface area contributed by atoms with Gasteiger partial charge in [-0.1, -0.05) is 25.7 Å². The molecule has 1 heterocycles. The van der Waals surface area contributed by atoms with Crippen LogP contribution in [0.3, 0.4) is 0 Å². The van der Waals surface area contributed by atoms with Crippen LogP contribution in [0.25, 0.3) is 0 Å². The molecule has 0 amide bonds. The molecule has 0 bridgehead atoms. The lowest BCUT2D eigenvalue weighted by molar-refractivity contribution is 0.353. The third-order valence-corrected chi connectivity index (χ3v) is 4.14. The van der Waals surface area contributed by atoms with Crippen LogP contribution in [0.5, 0.6) is 0 Å². The highest BCUT2D eigenvalue weighted by Gasteiger charge is 2.21. The molecule has 1 aromatic rings. The number of halogens is 1. The van der Waals surface area contributed by atoms with Crippen LogP contribution in [-0.4, -0.2) is 12.6 Å². The van der Waals surface area contributed by atoms with Crippen molar-refractivity contribution in [3.63, 3.8) is 0 Å². The Bertz CT molecular complexity index is 332. The van der Waals surface area contributed by atoms with Crippen molar-refractivity contribution in [3.8, 4) is 0 Å². The summed E-state index contributed by atoms with van der Waals surface area (Å²) in [6.07, 6.45) is 9.62. The molecule has 0 aromatic carbocycles. The summed E-state index contributed by atoms with van der Waals surface area (Å²) in [6, 6.07) is 2.64. The lowest BCUT2D eigenvalue weighted by atomic mass is 10.1. The highest BCUT2D eigenvalue weighted by molar-refractivity contribution is 9.10. The molecule has 17 heavy (non-hydrogen) atoms. The van der Waals surface area contributed by atoms with Crippen LogP contribution >= 0.6 is 15.9 Å². The first kappa shape index (κ1) is 13.1. The minimum absolute atomic E-state index is 0.127. The zero-order valence-electron chi connectivity index (χ0n) is 10.1. The first-order chi connectivity index (χ1) is 8.31. The van der Waals surface area contributed by atoms with E-state index in [2.05, 4.69) is 21.2 Å². The second-order valence-corrected chi connectivity index (χ2v) is 5.63. The predicted octanol–water partition coefficient (Wildman–Crippen LogP) is 3.35. The van der Waals surface area contributed by atoms with Crippen LogP contribution in [-0.2, 0) is 0 Å². The first-order valence-corrected chi connectivity index (χ1v) is 7.29. The molecule has 1 unspecified atom stereocenters. The Balaban J connectivity index is 1.97. The van der Waals surface area contributed by atoms with Crippen molar-refractivity contribution >= 4 is 15.9 Å². The molecule has 0 spiro atoms. The highest BCUT2D eigenvalue weighted by Crippen LogP contribution is 2.26. The number of furan rings is 1. The molecule has 1 aromatic heterocycles. The molecule has 1 fully saturated rings. The van der Waals surface area contributed by atoms with Crippen molar-refractivity contribution < 1.29 is 4.42 Å². The molecule has 0 aliphatic heterocycles. The summed E-state index contributed by atoms with van der Waals surface area (Å²) in [5.74, 6) is 0.928. The average Bonchev–Trinajstić information content (AvgIpc) is 2.62. The molecule has 3 N–H and O–H groups in total. The van der Waals surface area contributed by atoms with E-state index in [0.29, 0.717) is 12.6 Å². The maximum Gasteiger partial charge on any atom is 0.136 e. The Morgan fingerprint density at radius 3 is 2.59 bits per heavy atom. The van der Waals surface area contributed by atoms with Gasteiger partial charge in [0, 0.05) is 12.6 Å². The highest BCUT2D eigenvalue weighted by atomic mass is 79.9. The van der Waals surface area contributed by atoms with Crippen LogP contribution in [0.4, 0.5) is 0 Å². The van der Waals surface area contributed by atoms with E-state index in [1.165, 1.54) is 38.5 Å². The van der Waals surface area contributed by atoms with Crippen molar-refractivity contribution in [2.75, 3.05) is 6.54 Å². The molecule has 4 heteroatoms. The number of nitrogens with two attached hydrogens (primary N) is 1. The smallest absolute Gasteiger partial charge is 0.136 e. The molecule has 1 atom stereocenters. The minimum atomic E-state index is 0.127. The molecule has 1 saturated carbocycles. The topological polar surface area (TPSA) is 51.2 Å². The van der Waals surface area contributed by atoms with Crippen molar-refractivity contribution in [2.24, 2.45) is 5.73 Å². The van der Waals surface area contributed by atoms with Crippen LogP contribution in [0, 0.1) is 0 Å². The largest absolute Gasteiger partial charge is 0.466 e. The fraction of sp³-hybridized carbons (Fsp3) is 0.692. The number of rotatable bonds is 4. The Hall–Kier alpha value is -0.320. The standard InChI is InChI=1S/C13H21BrN2O/c14-11-7-8-17-13(11)12(9-15)16-10-5-3-1-2-4-6-10/h7-8,10,12,16H,1-6,9,15H2. The number of hydrogen-bond acceptors (Lipinski definition) is 3. The van der Waals surface area contributed by atoms with Gasteiger partial charge >= 0.3 is 0 Å². The molecular formula is C13H21BrN2O. The average molecular weight is 301 g/mol. The molecule has 3 nitrogen and oxygen atoms in total. The van der Waals surface area contributed by atoms with Crippen LogP contribution in [0.2, 0.25) is 0 Å². The van der Waals surface area contributed by atoms with Crippen molar-refractivity contribution in [2.45, 2.75) is 50.6 Å². The molecule has 0 saturated heterocycles. The first-order valence-electron chi connectivity index (χ1n) is 6.50. The lowest BCUT2D eigenvalue weighted by Crippen LogP contribution is -2.36. The fourth-order valence-electron chi connectivity index (χ4n) is 2.54. The van der Waals surface area contributed by atoms with Gasteiger partial charge in [-0.3, -0.25) is 0 Å². The van der Waals surface area contributed by atoms with Crippen molar-refractivity contribution in [1.29, 1.82) is 0 Å².